The number of carboxylic acid groups (broad SMARTS) is 1. The molecule has 0 radical (unpaired) electrons. The fraction of sp³-hybridized carbons (Fsp3) is 0.346. The molecule has 2 aliphatic rings. The van der Waals surface area contributed by atoms with Crippen molar-refractivity contribution >= 4 is 18.0 Å². The summed E-state index contributed by atoms with van der Waals surface area (Å²) in [5.74, 6) is -1.68. The molecule has 0 aromatic heterocycles. The van der Waals surface area contributed by atoms with Gasteiger partial charge in [0.2, 0.25) is 5.91 Å². The van der Waals surface area contributed by atoms with Gasteiger partial charge in [-0.15, -0.1) is 0 Å². The molecule has 0 spiro atoms. The lowest BCUT2D eigenvalue weighted by molar-refractivity contribution is -0.145. The molecule has 2 aromatic rings. The van der Waals surface area contributed by atoms with Crippen LogP contribution in [0.15, 0.2) is 60.2 Å². The zero-order valence-corrected chi connectivity index (χ0v) is 19.1. The molecule has 4 rings (SSSR count). The summed E-state index contributed by atoms with van der Waals surface area (Å²) in [5, 5.41) is 14.6. The SMILES string of the molecule is COC(C)C(NC(=O)C1=CCC(NC(=O)OCC2c3ccccc3-c3ccccc32)C1)C(=O)O. The maximum Gasteiger partial charge on any atom is 0.407 e. The van der Waals surface area contributed by atoms with Crippen molar-refractivity contribution in [3.8, 4) is 11.1 Å². The quantitative estimate of drug-likeness (QED) is 0.553. The molecular formula is C26H28N2O6. The Balaban J connectivity index is 1.30. The van der Waals surface area contributed by atoms with Gasteiger partial charge in [-0.05, 0) is 42.0 Å². The lowest BCUT2D eigenvalue weighted by atomic mass is 9.98. The Kier molecular flexibility index (Phi) is 6.98. The van der Waals surface area contributed by atoms with Gasteiger partial charge in [-0.25, -0.2) is 9.59 Å². The van der Waals surface area contributed by atoms with E-state index in [-0.39, 0.29) is 18.6 Å². The highest BCUT2D eigenvalue weighted by molar-refractivity contribution is 5.96. The van der Waals surface area contributed by atoms with Gasteiger partial charge in [-0.1, -0.05) is 54.6 Å². The van der Waals surface area contributed by atoms with Crippen LogP contribution in [0.1, 0.15) is 36.8 Å². The Morgan fingerprint density at radius 3 is 2.26 bits per heavy atom. The van der Waals surface area contributed by atoms with Crippen LogP contribution >= 0.6 is 0 Å². The fourth-order valence-electron chi connectivity index (χ4n) is 4.57. The number of ether oxygens (including phenoxy) is 2. The third kappa shape index (κ3) is 4.82. The third-order valence-electron chi connectivity index (χ3n) is 6.47. The Bertz CT molecular complexity index is 1080. The molecule has 8 heteroatoms. The highest BCUT2D eigenvalue weighted by atomic mass is 16.5. The number of alkyl carbamates (subject to hydrolysis) is 1. The van der Waals surface area contributed by atoms with Crippen molar-refractivity contribution < 1.29 is 29.0 Å². The van der Waals surface area contributed by atoms with Crippen LogP contribution in [0.5, 0.6) is 0 Å². The van der Waals surface area contributed by atoms with E-state index in [4.69, 9.17) is 9.47 Å². The minimum atomic E-state index is -1.17. The van der Waals surface area contributed by atoms with E-state index in [0.717, 1.165) is 22.3 Å². The van der Waals surface area contributed by atoms with Crippen LogP contribution in [0, 0.1) is 0 Å². The lowest BCUT2D eigenvalue weighted by Crippen LogP contribution is -2.48. The second-order valence-corrected chi connectivity index (χ2v) is 8.57. The van der Waals surface area contributed by atoms with E-state index >= 15 is 0 Å². The van der Waals surface area contributed by atoms with Crippen LogP contribution in [0.25, 0.3) is 11.1 Å². The Labute approximate surface area is 198 Å². The average Bonchev–Trinajstić information content (AvgIpc) is 3.43. The van der Waals surface area contributed by atoms with Gasteiger partial charge in [0.15, 0.2) is 6.04 Å². The Morgan fingerprint density at radius 2 is 1.68 bits per heavy atom. The second kappa shape index (κ2) is 10.1. The molecule has 34 heavy (non-hydrogen) atoms. The number of rotatable bonds is 8. The van der Waals surface area contributed by atoms with E-state index in [2.05, 4.69) is 34.9 Å². The van der Waals surface area contributed by atoms with Crippen LogP contribution in [0.2, 0.25) is 0 Å². The normalized spacial score (nSPS) is 18.3. The number of amides is 2. The minimum Gasteiger partial charge on any atom is -0.480 e. The number of carboxylic acids is 1. The van der Waals surface area contributed by atoms with Crippen LogP contribution in [-0.4, -0.2) is 55.0 Å². The van der Waals surface area contributed by atoms with E-state index in [0.29, 0.717) is 18.4 Å². The van der Waals surface area contributed by atoms with Crippen LogP contribution < -0.4 is 10.6 Å². The summed E-state index contributed by atoms with van der Waals surface area (Å²) in [6.45, 7) is 1.78. The highest BCUT2D eigenvalue weighted by Gasteiger charge is 2.31. The van der Waals surface area contributed by atoms with Gasteiger partial charge in [-0.2, -0.15) is 0 Å². The largest absolute Gasteiger partial charge is 0.480 e. The first-order valence-electron chi connectivity index (χ1n) is 11.3. The number of hydrogen-bond donors (Lipinski definition) is 3. The number of benzene rings is 2. The molecule has 3 N–H and O–H groups in total. The predicted octanol–water partition coefficient (Wildman–Crippen LogP) is 3.22. The van der Waals surface area contributed by atoms with E-state index in [1.54, 1.807) is 13.0 Å². The summed E-state index contributed by atoms with van der Waals surface area (Å²) in [6, 6.07) is 14.8. The van der Waals surface area contributed by atoms with Crippen LogP contribution in [0.3, 0.4) is 0 Å². The second-order valence-electron chi connectivity index (χ2n) is 8.57. The van der Waals surface area contributed by atoms with E-state index in [9.17, 15) is 19.5 Å². The first-order chi connectivity index (χ1) is 16.4. The summed E-state index contributed by atoms with van der Waals surface area (Å²) in [4.78, 5) is 36.4. The molecule has 2 aliphatic carbocycles. The highest BCUT2D eigenvalue weighted by Crippen LogP contribution is 2.44. The average molecular weight is 465 g/mol. The van der Waals surface area contributed by atoms with Gasteiger partial charge in [0.05, 0.1) is 6.10 Å². The molecular weight excluding hydrogens is 436 g/mol. The number of nitrogens with one attached hydrogen (secondary N) is 2. The summed E-state index contributed by atoms with van der Waals surface area (Å²) >= 11 is 0. The van der Waals surface area contributed by atoms with E-state index in [1.807, 2.05) is 24.3 Å². The third-order valence-corrected chi connectivity index (χ3v) is 6.47. The number of carbonyl (C=O) groups excluding carboxylic acids is 2. The molecule has 178 valence electrons. The number of aliphatic carboxylic acids is 1. The summed E-state index contributed by atoms with van der Waals surface area (Å²) < 4.78 is 10.6. The number of methoxy groups -OCH3 is 1. The van der Waals surface area contributed by atoms with Gasteiger partial charge >= 0.3 is 12.1 Å². The summed E-state index contributed by atoms with van der Waals surface area (Å²) in [6.07, 6.45) is 1.24. The summed E-state index contributed by atoms with van der Waals surface area (Å²) in [5.41, 5.74) is 5.02. The molecule has 0 bridgehead atoms. The molecule has 0 heterocycles. The monoisotopic (exact) mass is 464 g/mol. The molecule has 8 nitrogen and oxygen atoms in total. The number of fused-ring (bicyclic) bond motifs is 3. The fourth-order valence-corrected chi connectivity index (χ4v) is 4.57. The molecule has 2 aromatic carbocycles. The molecule has 2 amide bonds. The smallest absolute Gasteiger partial charge is 0.407 e. The van der Waals surface area contributed by atoms with Gasteiger partial charge in [0, 0.05) is 24.6 Å². The van der Waals surface area contributed by atoms with Crippen molar-refractivity contribution in [3.63, 3.8) is 0 Å². The topological polar surface area (TPSA) is 114 Å². The van der Waals surface area contributed by atoms with Gasteiger partial charge in [0.1, 0.15) is 6.61 Å². The van der Waals surface area contributed by atoms with Crippen molar-refractivity contribution in [2.75, 3.05) is 13.7 Å². The van der Waals surface area contributed by atoms with Crippen molar-refractivity contribution in [2.24, 2.45) is 0 Å². The van der Waals surface area contributed by atoms with E-state index in [1.165, 1.54) is 7.11 Å². The Hall–Kier alpha value is -3.65. The maximum atomic E-state index is 12.5. The standard InChI is InChI=1S/C26H28N2O6/c1-15(33-2)23(25(30)31)28-24(29)16-11-12-17(13-16)27-26(32)34-14-22-20-9-5-3-7-18(20)19-8-4-6-10-21(19)22/h3-11,15,17,22-23H,12-14H2,1-2H3,(H,27,32)(H,28,29)(H,30,31). The number of carbonyl (C=O) groups is 3. The number of hydrogen-bond acceptors (Lipinski definition) is 5. The van der Waals surface area contributed by atoms with Crippen molar-refractivity contribution in [2.45, 2.75) is 43.9 Å². The molecule has 3 atom stereocenters. The zero-order chi connectivity index (χ0) is 24.2. The summed E-state index contributed by atoms with van der Waals surface area (Å²) in [7, 11) is 1.38. The minimum absolute atomic E-state index is 0.0306. The van der Waals surface area contributed by atoms with Crippen molar-refractivity contribution in [1.82, 2.24) is 10.6 Å². The molecule has 0 fully saturated rings. The first kappa shape index (κ1) is 23.5. The van der Waals surface area contributed by atoms with Crippen LogP contribution in [-0.2, 0) is 19.1 Å². The van der Waals surface area contributed by atoms with Gasteiger partial charge in [-0.3, -0.25) is 4.79 Å². The molecule has 0 saturated carbocycles. The Morgan fingerprint density at radius 1 is 1.06 bits per heavy atom. The maximum absolute atomic E-state index is 12.5. The van der Waals surface area contributed by atoms with E-state index < -0.39 is 30.1 Å². The first-order valence-corrected chi connectivity index (χ1v) is 11.3. The molecule has 0 aliphatic heterocycles. The van der Waals surface area contributed by atoms with Crippen LogP contribution in [0.4, 0.5) is 4.79 Å². The lowest BCUT2D eigenvalue weighted by Gasteiger charge is -2.20. The predicted molar refractivity (Wildman–Crippen MR) is 125 cm³/mol. The van der Waals surface area contributed by atoms with Gasteiger partial charge in [0.25, 0.3) is 0 Å². The molecule has 3 unspecified atom stereocenters. The zero-order valence-electron chi connectivity index (χ0n) is 19.1. The van der Waals surface area contributed by atoms with Gasteiger partial charge < -0.3 is 25.2 Å². The van der Waals surface area contributed by atoms with Crippen molar-refractivity contribution in [3.05, 3.63) is 71.3 Å². The van der Waals surface area contributed by atoms with Crippen molar-refractivity contribution in [1.29, 1.82) is 0 Å². The molecule has 0 saturated heterocycles.